The summed E-state index contributed by atoms with van der Waals surface area (Å²) in [5, 5.41) is 19.9. The van der Waals surface area contributed by atoms with Crippen LogP contribution < -0.4 is 22.5 Å². The molecule has 0 aliphatic carbocycles. The summed E-state index contributed by atoms with van der Waals surface area (Å²) in [4.78, 5) is 31.6. The Bertz CT molecular complexity index is 1050. The number of nitrogens with one attached hydrogen (secondary N) is 1. The number of benzene rings is 3. The minimum Gasteiger partial charge on any atom is -0.480 e. The summed E-state index contributed by atoms with van der Waals surface area (Å²) >= 11 is 1.56. The third kappa shape index (κ3) is 8.91. The first-order chi connectivity index (χ1) is 18.2. The lowest BCUT2D eigenvalue weighted by Crippen LogP contribution is -2.36. The molecule has 0 saturated heterocycles. The van der Waals surface area contributed by atoms with Gasteiger partial charge in [-0.15, -0.1) is 11.8 Å². The molecule has 0 bridgehead atoms. The normalized spacial score (nSPS) is 12.4. The van der Waals surface area contributed by atoms with E-state index >= 15 is 0 Å². The molecule has 3 rings (SSSR count). The molecule has 9 N–H and O–H groups in total. The van der Waals surface area contributed by atoms with E-state index in [4.69, 9.17) is 22.3 Å². The lowest BCUT2D eigenvalue weighted by atomic mass is 9.84. The van der Waals surface area contributed by atoms with Crippen LogP contribution in [0.25, 0.3) is 0 Å². The molecule has 3 aromatic carbocycles. The molecule has 10 heteroatoms. The first kappa shape index (κ1) is 30.4. The van der Waals surface area contributed by atoms with Crippen LogP contribution in [0.2, 0.25) is 0 Å². The van der Waals surface area contributed by atoms with E-state index in [1.54, 1.807) is 11.8 Å². The van der Waals surface area contributed by atoms with Crippen LogP contribution in [0, 0.1) is 0 Å². The molecule has 0 aliphatic heterocycles. The van der Waals surface area contributed by atoms with Crippen LogP contribution in [0.3, 0.4) is 0 Å². The predicted octanol–water partition coefficient (Wildman–Crippen LogP) is 2.97. The van der Waals surface area contributed by atoms with Crippen LogP contribution in [0.1, 0.15) is 29.5 Å². The first-order valence-electron chi connectivity index (χ1n) is 12.0. The number of carboxylic acids is 2. The topological polar surface area (TPSA) is 182 Å². The number of urea groups is 1. The van der Waals surface area contributed by atoms with Crippen LogP contribution in [0.5, 0.6) is 0 Å². The second-order valence-corrected chi connectivity index (χ2v) is 9.65. The van der Waals surface area contributed by atoms with Gasteiger partial charge in [0.15, 0.2) is 0 Å². The van der Waals surface area contributed by atoms with Crippen molar-refractivity contribution < 1.29 is 24.6 Å². The smallest absolute Gasteiger partial charge is 0.321 e. The molecular formula is C28H34N4O5S. The Hall–Kier alpha value is -3.86. The minimum absolute atomic E-state index is 0.300. The highest BCUT2D eigenvalue weighted by atomic mass is 32.2. The highest BCUT2D eigenvalue weighted by Gasteiger charge is 2.37. The molecule has 0 radical (unpaired) electrons. The molecule has 0 fully saturated rings. The molecule has 2 atom stereocenters. The lowest BCUT2D eigenvalue weighted by molar-refractivity contribution is -0.139. The maximum Gasteiger partial charge on any atom is 0.321 e. The zero-order valence-electron chi connectivity index (χ0n) is 20.9. The van der Waals surface area contributed by atoms with Crippen molar-refractivity contribution in [2.24, 2.45) is 17.2 Å². The van der Waals surface area contributed by atoms with Crippen molar-refractivity contribution in [2.45, 2.75) is 29.7 Å². The largest absolute Gasteiger partial charge is 0.480 e. The summed E-state index contributed by atoms with van der Waals surface area (Å²) in [7, 11) is 0. The van der Waals surface area contributed by atoms with E-state index in [1.165, 1.54) is 0 Å². The van der Waals surface area contributed by atoms with Gasteiger partial charge in [-0.3, -0.25) is 9.59 Å². The van der Waals surface area contributed by atoms with Crippen molar-refractivity contribution in [1.29, 1.82) is 0 Å². The van der Waals surface area contributed by atoms with Gasteiger partial charge in [-0.2, -0.15) is 0 Å². The van der Waals surface area contributed by atoms with Crippen molar-refractivity contribution >= 4 is 29.7 Å². The molecule has 0 unspecified atom stereocenters. The van der Waals surface area contributed by atoms with Gasteiger partial charge in [0.25, 0.3) is 0 Å². The van der Waals surface area contributed by atoms with Crippen molar-refractivity contribution in [3.63, 3.8) is 0 Å². The fourth-order valence-electron chi connectivity index (χ4n) is 3.71. The fraction of sp³-hybridized carbons (Fsp3) is 0.250. The maximum absolute atomic E-state index is 11.3. The van der Waals surface area contributed by atoms with E-state index in [1.807, 2.05) is 54.6 Å². The van der Waals surface area contributed by atoms with Crippen LogP contribution in [0.15, 0.2) is 91.0 Å². The molecule has 0 heterocycles. The van der Waals surface area contributed by atoms with Crippen LogP contribution in [-0.4, -0.2) is 52.6 Å². The Morgan fingerprint density at radius 1 is 0.737 bits per heavy atom. The van der Waals surface area contributed by atoms with Gasteiger partial charge in [0.1, 0.15) is 12.1 Å². The second kappa shape index (κ2) is 15.4. The molecule has 0 aliphatic rings. The molecule has 2 amide bonds. The summed E-state index contributed by atoms with van der Waals surface area (Å²) in [6.07, 6.45) is 0.839. The van der Waals surface area contributed by atoms with Gasteiger partial charge in [0.05, 0.1) is 4.75 Å². The number of primary amides is 1. The molecule has 3 aromatic rings. The van der Waals surface area contributed by atoms with Crippen LogP contribution >= 0.6 is 11.8 Å². The molecule has 38 heavy (non-hydrogen) atoms. The van der Waals surface area contributed by atoms with Gasteiger partial charge in [-0.05, 0) is 29.5 Å². The van der Waals surface area contributed by atoms with Gasteiger partial charge in [-0.25, -0.2) is 4.79 Å². The molecule has 0 saturated carbocycles. The Balaban J connectivity index is 0.000000358. The predicted molar refractivity (Wildman–Crippen MR) is 150 cm³/mol. The standard InChI is InChI=1S/C22H21NO2S.C6H13N3O3/c23-20(21(24)25)16-26-22(17-10-4-1-5-11-17,18-12-6-2-7-13-18)19-14-8-3-9-15-19;7-4(5(10)11)2-1-3-9-6(8)12/h1-15,20H,16,23H2,(H,24,25);4H,1-3,7H2,(H,10,11)(H3,8,9,12)/t20-;4-/m00/s1. The number of amides is 2. The Kier molecular flexibility index (Phi) is 12.3. The third-order valence-electron chi connectivity index (χ3n) is 5.65. The Morgan fingerprint density at radius 3 is 1.47 bits per heavy atom. The third-order valence-corrected chi connectivity index (χ3v) is 7.31. The first-order valence-corrected chi connectivity index (χ1v) is 13.0. The summed E-state index contributed by atoms with van der Waals surface area (Å²) in [5.74, 6) is -1.72. The van der Waals surface area contributed by atoms with Crippen molar-refractivity contribution in [3.05, 3.63) is 108 Å². The number of thioether (sulfide) groups is 1. The van der Waals surface area contributed by atoms with E-state index in [2.05, 4.69) is 41.7 Å². The van der Waals surface area contributed by atoms with Gasteiger partial charge >= 0.3 is 18.0 Å². The van der Waals surface area contributed by atoms with Gasteiger partial charge in [0.2, 0.25) is 0 Å². The number of carbonyl (C=O) groups excluding carboxylic acids is 1. The van der Waals surface area contributed by atoms with E-state index in [0.29, 0.717) is 25.1 Å². The zero-order valence-corrected chi connectivity index (χ0v) is 21.7. The lowest BCUT2D eigenvalue weighted by Gasteiger charge is -2.36. The Morgan fingerprint density at radius 2 is 1.13 bits per heavy atom. The fourth-order valence-corrected chi connectivity index (χ4v) is 5.19. The van der Waals surface area contributed by atoms with Crippen molar-refractivity contribution in [3.8, 4) is 0 Å². The molecule has 0 aromatic heterocycles. The molecule has 0 spiro atoms. The van der Waals surface area contributed by atoms with E-state index < -0.39 is 34.8 Å². The highest BCUT2D eigenvalue weighted by Crippen LogP contribution is 2.48. The summed E-state index contributed by atoms with van der Waals surface area (Å²) in [6, 6.07) is 28.1. The van der Waals surface area contributed by atoms with Gasteiger partial charge < -0.3 is 32.7 Å². The molecule has 202 valence electrons. The number of hydrogen-bond acceptors (Lipinski definition) is 6. The number of rotatable bonds is 12. The van der Waals surface area contributed by atoms with Gasteiger partial charge in [-0.1, -0.05) is 91.0 Å². The van der Waals surface area contributed by atoms with Crippen LogP contribution in [0.4, 0.5) is 4.79 Å². The molecular weight excluding hydrogens is 504 g/mol. The summed E-state index contributed by atoms with van der Waals surface area (Å²) in [6.45, 7) is 0.357. The quantitative estimate of drug-likeness (QED) is 0.150. The number of aliphatic carboxylic acids is 2. The SMILES string of the molecule is NC(=O)NCCC[C@H](N)C(=O)O.N[C@@H](CSC(c1ccccc1)(c1ccccc1)c1ccccc1)C(=O)O. The van der Waals surface area contributed by atoms with Gasteiger partial charge in [0, 0.05) is 12.3 Å². The van der Waals surface area contributed by atoms with Crippen molar-refractivity contribution in [2.75, 3.05) is 12.3 Å². The average Bonchev–Trinajstić information content (AvgIpc) is 2.93. The number of carboxylic acid groups (broad SMARTS) is 2. The summed E-state index contributed by atoms with van der Waals surface area (Å²) in [5.41, 5.74) is 19.1. The monoisotopic (exact) mass is 538 g/mol. The minimum atomic E-state index is -1.03. The van der Waals surface area contributed by atoms with E-state index in [0.717, 1.165) is 16.7 Å². The van der Waals surface area contributed by atoms with E-state index in [-0.39, 0.29) is 0 Å². The second-order valence-electron chi connectivity index (χ2n) is 8.41. The molecule has 9 nitrogen and oxygen atoms in total. The zero-order chi connectivity index (χ0) is 28.0. The number of carbonyl (C=O) groups is 3. The van der Waals surface area contributed by atoms with E-state index in [9.17, 15) is 19.5 Å². The number of hydrogen-bond donors (Lipinski definition) is 6. The van der Waals surface area contributed by atoms with Crippen LogP contribution in [-0.2, 0) is 14.3 Å². The Labute approximate surface area is 226 Å². The average molecular weight is 539 g/mol. The van der Waals surface area contributed by atoms with Crippen molar-refractivity contribution in [1.82, 2.24) is 5.32 Å². The highest BCUT2D eigenvalue weighted by molar-refractivity contribution is 8.00. The number of nitrogens with two attached hydrogens (primary N) is 3. The summed E-state index contributed by atoms with van der Waals surface area (Å²) < 4.78 is -0.531. The maximum atomic E-state index is 11.3.